The lowest BCUT2D eigenvalue weighted by Gasteiger charge is -2.28. The number of rotatable bonds is 6. The summed E-state index contributed by atoms with van der Waals surface area (Å²) in [5, 5.41) is 0.143. The largest absolute Gasteiger partial charge is 0.463 e. The van der Waals surface area contributed by atoms with Crippen LogP contribution in [-0.4, -0.2) is 51.9 Å². The molecule has 4 rings (SSSR count). The van der Waals surface area contributed by atoms with Crippen LogP contribution in [0.4, 0.5) is 0 Å². The van der Waals surface area contributed by atoms with Gasteiger partial charge in [0.25, 0.3) is 10.0 Å². The number of fused-ring (bicyclic) bond motifs is 1. The van der Waals surface area contributed by atoms with Crippen LogP contribution in [0.25, 0.3) is 0 Å². The molecule has 2 aliphatic rings. The number of aromatic nitrogens is 4. The molecular weight excluding hydrogens is 378 g/mol. The number of sulfonamides is 1. The van der Waals surface area contributed by atoms with Crippen molar-refractivity contribution in [3.05, 3.63) is 30.0 Å². The first-order valence-corrected chi connectivity index (χ1v) is 11.2. The summed E-state index contributed by atoms with van der Waals surface area (Å²) in [6.45, 7) is 7.86. The van der Waals surface area contributed by atoms with Crippen LogP contribution in [-0.2, 0) is 16.6 Å². The molecule has 9 heteroatoms. The van der Waals surface area contributed by atoms with Gasteiger partial charge < -0.3 is 9.30 Å². The SMILES string of the molecule is CCn1cc(S(=O)(=O)N2CC3CCCC3(COc3ncc(C)cn3)C2)nc1C. The highest BCUT2D eigenvalue weighted by atomic mass is 32.2. The molecule has 0 bridgehead atoms. The number of nitrogens with zero attached hydrogens (tertiary/aromatic N) is 5. The van der Waals surface area contributed by atoms with Crippen LogP contribution in [0.15, 0.2) is 23.6 Å². The molecule has 3 heterocycles. The zero-order chi connectivity index (χ0) is 19.9. The lowest BCUT2D eigenvalue weighted by Crippen LogP contribution is -2.36. The van der Waals surface area contributed by atoms with Crippen LogP contribution >= 0.6 is 0 Å². The molecule has 1 aliphatic carbocycles. The number of ether oxygens (including phenoxy) is 1. The highest BCUT2D eigenvalue weighted by Crippen LogP contribution is 2.50. The fraction of sp³-hybridized carbons (Fsp3) is 0.632. The molecule has 1 aliphatic heterocycles. The summed E-state index contributed by atoms with van der Waals surface area (Å²) in [5.74, 6) is 1.01. The maximum Gasteiger partial charge on any atom is 0.316 e. The number of hydrogen-bond donors (Lipinski definition) is 0. The Morgan fingerprint density at radius 1 is 1.29 bits per heavy atom. The fourth-order valence-electron chi connectivity index (χ4n) is 4.50. The molecule has 28 heavy (non-hydrogen) atoms. The van der Waals surface area contributed by atoms with E-state index in [9.17, 15) is 8.42 Å². The smallest absolute Gasteiger partial charge is 0.316 e. The minimum atomic E-state index is -3.60. The summed E-state index contributed by atoms with van der Waals surface area (Å²) < 4.78 is 35.7. The highest BCUT2D eigenvalue weighted by molar-refractivity contribution is 7.89. The third kappa shape index (κ3) is 3.30. The van der Waals surface area contributed by atoms with E-state index < -0.39 is 10.0 Å². The van der Waals surface area contributed by atoms with E-state index in [0.29, 0.717) is 38.2 Å². The molecule has 0 N–H and O–H groups in total. The quantitative estimate of drug-likeness (QED) is 0.732. The lowest BCUT2D eigenvalue weighted by atomic mass is 9.82. The van der Waals surface area contributed by atoms with Crippen molar-refractivity contribution in [2.24, 2.45) is 11.3 Å². The van der Waals surface area contributed by atoms with Crippen molar-refractivity contribution in [2.75, 3.05) is 19.7 Å². The van der Waals surface area contributed by atoms with Gasteiger partial charge in [-0.3, -0.25) is 0 Å². The molecule has 152 valence electrons. The molecular formula is C19H27N5O3S. The van der Waals surface area contributed by atoms with E-state index in [2.05, 4.69) is 15.0 Å². The second-order valence-corrected chi connectivity index (χ2v) is 9.88. The second-order valence-electron chi connectivity index (χ2n) is 7.99. The molecule has 0 amide bonds. The number of imidazole rings is 1. The van der Waals surface area contributed by atoms with E-state index in [1.54, 1.807) is 22.9 Å². The van der Waals surface area contributed by atoms with Crippen LogP contribution in [0, 0.1) is 25.2 Å². The van der Waals surface area contributed by atoms with Crippen LogP contribution in [0.1, 0.15) is 37.6 Å². The Hall–Kier alpha value is -2.00. The minimum Gasteiger partial charge on any atom is -0.463 e. The average Bonchev–Trinajstić information content (AvgIpc) is 3.33. The maximum atomic E-state index is 13.2. The maximum absolute atomic E-state index is 13.2. The van der Waals surface area contributed by atoms with E-state index in [1.807, 2.05) is 25.3 Å². The summed E-state index contributed by atoms with van der Waals surface area (Å²) in [6.07, 6.45) is 8.17. The predicted octanol–water partition coefficient (Wildman–Crippen LogP) is 2.18. The Kier molecular flexibility index (Phi) is 4.91. The minimum absolute atomic E-state index is 0.143. The van der Waals surface area contributed by atoms with E-state index in [-0.39, 0.29) is 10.4 Å². The van der Waals surface area contributed by atoms with Gasteiger partial charge in [0, 0.05) is 43.6 Å². The van der Waals surface area contributed by atoms with Crippen molar-refractivity contribution in [2.45, 2.75) is 51.6 Å². The van der Waals surface area contributed by atoms with Gasteiger partial charge in [-0.1, -0.05) is 6.42 Å². The summed E-state index contributed by atoms with van der Waals surface area (Å²) in [5.41, 5.74) is 0.799. The van der Waals surface area contributed by atoms with E-state index >= 15 is 0 Å². The third-order valence-corrected chi connectivity index (χ3v) is 7.84. The highest BCUT2D eigenvalue weighted by Gasteiger charge is 2.53. The van der Waals surface area contributed by atoms with Gasteiger partial charge in [-0.25, -0.2) is 23.4 Å². The molecule has 2 unspecified atom stereocenters. The Morgan fingerprint density at radius 3 is 2.71 bits per heavy atom. The molecule has 1 saturated carbocycles. The van der Waals surface area contributed by atoms with Crippen molar-refractivity contribution >= 4 is 10.0 Å². The first kappa shape index (κ1) is 19.3. The molecule has 2 atom stereocenters. The molecule has 1 saturated heterocycles. The summed E-state index contributed by atoms with van der Waals surface area (Å²) in [7, 11) is -3.60. The Labute approximate surface area is 166 Å². The number of aryl methyl sites for hydroxylation is 3. The van der Waals surface area contributed by atoms with Gasteiger partial charge in [0.05, 0.1) is 6.61 Å². The predicted molar refractivity (Wildman–Crippen MR) is 103 cm³/mol. The molecule has 2 aromatic rings. The summed E-state index contributed by atoms with van der Waals surface area (Å²) >= 11 is 0. The van der Waals surface area contributed by atoms with E-state index in [4.69, 9.17) is 4.74 Å². The Morgan fingerprint density at radius 2 is 2.04 bits per heavy atom. The molecule has 2 aromatic heterocycles. The van der Waals surface area contributed by atoms with Crippen molar-refractivity contribution in [3.8, 4) is 6.01 Å². The van der Waals surface area contributed by atoms with Gasteiger partial charge in [-0.2, -0.15) is 4.31 Å². The molecule has 8 nitrogen and oxygen atoms in total. The first-order valence-electron chi connectivity index (χ1n) is 9.79. The van der Waals surface area contributed by atoms with Crippen molar-refractivity contribution in [3.63, 3.8) is 0 Å². The first-order chi connectivity index (χ1) is 13.3. The van der Waals surface area contributed by atoms with Gasteiger partial charge in [-0.15, -0.1) is 0 Å². The second kappa shape index (κ2) is 7.11. The van der Waals surface area contributed by atoms with E-state index in [0.717, 1.165) is 30.7 Å². The van der Waals surface area contributed by atoms with Gasteiger partial charge in [-0.05, 0) is 45.1 Å². The topological polar surface area (TPSA) is 90.2 Å². The third-order valence-electron chi connectivity index (χ3n) is 6.15. The van der Waals surface area contributed by atoms with Crippen LogP contribution in [0.3, 0.4) is 0 Å². The molecule has 0 radical (unpaired) electrons. The van der Waals surface area contributed by atoms with Crippen molar-refractivity contribution < 1.29 is 13.2 Å². The average molecular weight is 406 g/mol. The Bertz CT molecular complexity index is 956. The molecule has 0 spiro atoms. The van der Waals surface area contributed by atoms with Crippen LogP contribution < -0.4 is 4.74 Å². The zero-order valence-corrected chi connectivity index (χ0v) is 17.4. The van der Waals surface area contributed by atoms with Crippen molar-refractivity contribution in [1.29, 1.82) is 0 Å². The summed E-state index contributed by atoms with van der Waals surface area (Å²) in [6, 6.07) is 0.351. The van der Waals surface area contributed by atoms with Gasteiger partial charge >= 0.3 is 6.01 Å². The van der Waals surface area contributed by atoms with Gasteiger partial charge in [0.2, 0.25) is 0 Å². The normalized spacial score (nSPS) is 25.2. The van der Waals surface area contributed by atoms with E-state index in [1.165, 1.54) is 0 Å². The van der Waals surface area contributed by atoms with Crippen molar-refractivity contribution in [1.82, 2.24) is 23.8 Å². The number of hydrogen-bond acceptors (Lipinski definition) is 6. The zero-order valence-electron chi connectivity index (χ0n) is 16.6. The Balaban J connectivity index is 1.53. The molecule has 2 fully saturated rings. The van der Waals surface area contributed by atoms with Crippen LogP contribution in [0.5, 0.6) is 6.01 Å². The van der Waals surface area contributed by atoms with Gasteiger partial charge in [0.15, 0.2) is 5.03 Å². The van der Waals surface area contributed by atoms with Crippen LogP contribution in [0.2, 0.25) is 0 Å². The monoisotopic (exact) mass is 405 g/mol. The molecule has 0 aromatic carbocycles. The summed E-state index contributed by atoms with van der Waals surface area (Å²) in [4.78, 5) is 12.7. The fourth-order valence-corrected chi connectivity index (χ4v) is 6.08. The lowest BCUT2D eigenvalue weighted by molar-refractivity contribution is 0.126. The van der Waals surface area contributed by atoms with Gasteiger partial charge in [0.1, 0.15) is 5.82 Å². The standard InChI is InChI=1S/C19H27N5O3S/c1-4-23-11-17(22-15(23)3)28(25,26)24-10-16-6-5-7-19(16,12-24)13-27-18-20-8-14(2)9-21-18/h8-9,11,16H,4-7,10,12-13H2,1-3H3.